The fourth-order valence-corrected chi connectivity index (χ4v) is 7.21. The molecule has 0 saturated heterocycles. The van der Waals surface area contributed by atoms with E-state index < -0.39 is 29.5 Å². The van der Waals surface area contributed by atoms with Crippen molar-refractivity contribution in [3.05, 3.63) is 36.4 Å². The first-order chi connectivity index (χ1) is 18.9. The van der Waals surface area contributed by atoms with E-state index in [1.54, 1.807) is 47.9 Å². The number of aliphatic hydroxyl groups is 1. The van der Waals surface area contributed by atoms with E-state index in [2.05, 4.69) is 34.8 Å². The highest BCUT2D eigenvalue weighted by molar-refractivity contribution is 7.93. The zero-order valence-electron chi connectivity index (χ0n) is 24.2. The molecule has 2 atom stereocenters. The average molecular weight is 590 g/mol. The number of para-hydroxylation sites is 1. The Morgan fingerprint density at radius 1 is 1.02 bits per heavy atom. The summed E-state index contributed by atoms with van der Waals surface area (Å²) in [7, 11) is -1.21. The molecule has 11 nitrogen and oxygen atoms in total. The van der Waals surface area contributed by atoms with Gasteiger partial charge in [0.05, 0.1) is 27.4 Å². The molecule has 1 aliphatic carbocycles. The van der Waals surface area contributed by atoms with Crippen LogP contribution in [0, 0.1) is 5.92 Å². The Bertz CT molecular complexity index is 1420. The standard InChI is InChI=1S/C27H39N5O6SSi/c1-18(25(33)19-14-15-19)39(34,35)31(16-17-40(5,6)7)27-30-29-26(20-10-8-13-23(28-20)38-4)32(27)24-21(36-2)11-9-12-22(24)37-3/h8-13,18-19,25,33H,14-17H2,1-7H3/t18-,25?/m0/s1. The average Bonchev–Trinajstić information content (AvgIpc) is 3.70. The van der Waals surface area contributed by atoms with Gasteiger partial charge in [-0.25, -0.2) is 17.7 Å². The van der Waals surface area contributed by atoms with Gasteiger partial charge in [0.2, 0.25) is 21.9 Å². The summed E-state index contributed by atoms with van der Waals surface area (Å²) in [5.74, 6) is 1.55. The summed E-state index contributed by atoms with van der Waals surface area (Å²) in [6, 6.07) is 11.2. The van der Waals surface area contributed by atoms with Crippen molar-refractivity contribution in [1.29, 1.82) is 0 Å². The molecule has 40 heavy (non-hydrogen) atoms. The molecule has 218 valence electrons. The Morgan fingerprint density at radius 2 is 1.65 bits per heavy atom. The minimum atomic E-state index is -4.08. The Labute approximate surface area is 237 Å². The van der Waals surface area contributed by atoms with Crippen molar-refractivity contribution < 1.29 is 27.7 Å². The van der Waals surface area contributed by atoms with Crippen molar-refractivity contribution in [3.8, 4) is 34.6 Å². The van der Waals surface area contributed by atoms with Crippen molar-refractivity contribution in [3.63, 3.8) is 0 Å². The van der Waals surface area contributed by atoms with Crippen LogP contribution in [0.4, 0.5) is 5.95 Å². The molecule has 1 N–H and O–H groups in total. The van der Waals surface area contributed by atoms with Crippen LogP contribution in [0.25, 0.3) is 17.2 Å². The second-order valence-corrected chi connectivity index (χ2v) is 19.0. The lowest BCUT2D eigenvalue weighted by Crippen LogP contribution is -2.46. The SMILES string of the molecule is COc1cccc(-c2nnc(N(CC[Si](C)(C)C)S(=O)(=O)[C@@H](C)C(O)C3CC3)n2-c2c(OC)cccc2OC)n1. The Hall–Kier alpha value is -3.16. The van der Waals surface area contributed by atoms with Gasteiger partial charge in [-0.2, -0.15) is 0 Å². The highest BCUT2D eigenvalue weighted by Crippen LogP contribution is 2.41. The maximum atomic E-state index is 14.3. The number of ether oxygens (including phenoxy) is 3. The molecule has 1 aliphatic rings. The van der Waals surface area contributed by atoms with Crippen LogP contribution >= 0.6 is 0 Å². The molecule has 1 aromatic carbocycles. The van der Waals surface area contributed by atoms with Crippen molar-refractivity contribution in [2.45, 2.75) is 56.8 Å². The molecule has 2 aromatic heterocycles. The maximum absolute atomic E-state index is 14.3. The van der Waals surface area contributed by atoms with Crippen LogP contribution in [0.2, 0.25) is 25.7 Å². The molecule has 0 bridgehead atoms. The molecule has 0 spiro atoms. The molecule has 3 aromatic rings. The zero-order chi connectivity index (χ0) is 29.2. The van der Waals surface area contributed by atoms with E-state index in [1.165, 1.54) is 25.6 Å². The summed E-state index contributed by atoms with van der Waals surface area (Å²) < 4.78 is 48.2. The van der Waals surface area contributed by atoms with E-state index in [1.807, 2.05) is 0 Å². The number of nitrogens with zero attached hydrogens (tertiary/aromatic N) is 5. The van der Waals surface area contributed by atoms with E-state index in [4.69, 9.17) is 14.2 Å². The quantitative estimate of drug-likeness (QED) is 0.294. The van der Waals surface area contributed by atoms with Crippen LogP contribution in [0.15, 0.2) is 36.4 Å². The van der Waals surface area contributed by atoms with Crippen LogP contribution in [-0.4, -0.2) is 80.6 Å². The number of methoxy groups -OCH3 is 3. The first-order valence-corrected chi connectivity index (χ1v) is 18.5. The number of rotatable bonds is 13. The topological polar surface area (TPSA) is 129 Å². The molecule has 1 fully saturated rings. The van der Waals surface area contributed by atoms with Gasteiger partial charge in [0.15, 0.2) is 5.82 Å². The summed E-state index contributed by atoms with van der Waals surface area (Å²) in [4.78, 5) is 4.55. The van der Waals surface area contributed by atoms with E-state index in [0.717, 1.165) is 12.8 Å². The van der Waals surface area contributed by atoms with Gasteiger partial charge in [0, 0.05) is 20.7 Å². The van der Waals surface area contributed by atoms with Crippen LogP contribution in [0.1, 0.15) is 19.8 Å². The molecule has 0 radical (unpaired) electrons. The molecule has 1 unspecified atom stereocenters. The number of anilines is 1. The van der Waals surface area contributed by atoms with E-state index in [0.29, 0.717) is 34.8 Å². The lowest BCUT2D eigenvalue weighted by Gasteiger charge is -2.31. The molecule has 4 rings (SSSR count). The lowest BCUT2D eigenvalue weighted by molar-refractivity contribution is 0.149. The predicted octanol–water partition coefficient (Wildman–Crippen LogP) is 3.99. The molecule has 0 aliphatic heterocycles. The summed E-state index contributed by atoms with van der Waals surface area (Å²) in [6.45, 7) is 8.29. The third-order valence-corrected chi connectivity index (χ3v) is 11.0. The van der Waals surface area contributed by atoms with Gasteiger partial charge < -0.3 is 19.3 Å². The summed E-state index contributed by atoms with van der Waals surface area (Å²) >= 11 is 0. The molecule has 2 heterocycles. The summed E-state index contributed by atoms with van der Waals surface area (Å²) in [5, 5.41) is 18.8. The maximum Gasteiger partial charge on any atom is 0.246 e. The fourth-order valence-electron chi connectivity index (χ4n) is 4.49. The Balaban J connectivity index is 2.00. The van der Waals surface area contributed by atoms with Crippen molar-refractivity contribution in [2.24, 2.45) is 5.92 Å². The van der Waals surface area contributed by atoms with Gasteiger partial charge in [0.1, 0.15) is 28.1 Å². The van der Waals surface area contributed by atoms with Gasteiger partial charge in [-0.3, -0.25) is 4.57 Å². The highest BCUT2D eigenvalue weighted by atomic mass is 32.2. The minimum Gasteiger partial charge on any atom is -0.494 e. The zero-order valence-corrected chi connectivity index (χ0v) is 26.0. The molecule has 13 heteroatoms. The number of hydrogen-bond acceptors (Lipinski definition) is 9. The second kappa shape index (κ2) is 11.8. The highest BCUT2D eigenvalue weighted by Gasteiger charge is 2.43. The number of hydrogen-bond donors (Lipinski definition) is 1. The van der Waals surface area contributed by atoms with Crippen molar-refractivity contribution >= 4 is 24.0 Å². The van der Waals surface area contributed by atoms with Crippen molar-refractivity contribution in [2.75, 3.05) is 32.2 Å². The molecular formula is C27H39N5O6SSi. The number of pyridine rings is 1. The third kappa shape index (κ3) is 6.10. The van der Waals surface area contributed by atoms with Crippen LogP contribution in [0.5, 0.6) is 17.4 Å². The second-order valence-electron chi connectivity index (χ2n) is 11.2. The first kappa shape index (κ1) is 29.8. The first-order valence-electron chi connectivity index (χ1n) is 13.3. The van der Waals surface area contributed by atoms with Crippen LogP contribution < -0.4 is 18.5 Å². The largest absolute Gasteiger partial charge is 0.494 e. The number of aliphatic hydroxyl groups excluding tert-OH is 1. The predicted molar refractivity (Wildman–Crippen MR) is 157 cm³/mol. The third-order valence-electron chi connectivity index (χ3n) is 7.08. The van der Waals surface area contributed by atoms with E-state index in [-0.39, 0.29) is 24.2 Å². The van der Waals surface area contributed by atoms with Crippen LogP contribution in [0.3, 0.4) is 0 Å². The van der Waals surface area contributed by atoms with Crippen LogP contribution in [-0.2, 0) is 10.0 Å². The van der Waals surface area contributed by atoms with Gasteiger partial charge in [-0.1, -0.05) is 31.8 Å². The number of sulfonamides is 1. The van der Waals surface area contributed by atoms with Crippen molar-refractivity contribution in [1.82, 2.24) is 19.7 Å². The minimum absolute atomic E-state index is 0.0210. The van der Waals surface area contributed by atoms with E-state index in [9.17, 15) is 13.5 Å². The number of aromatic nitrogens is 4. The van der Waals surface area contributed by atoms with Gasteiger partial charge in [0.25, 0.3) is 0 Å². The van der Waals surface area contributed by atoms with Gasteiger partial charge in [-0.05, 0) is 49.9 Å². The smallest absolute Gasteiger partial charge is 0.246 e. The Morgan fingerprint density at radius 3 is 2.20 bits per heavy atom. The Kier molecular flexibility index (Phi) is 8.76. The summed E-state index contributed by atoms with van der Waals surface area (Å²) in [6.07, 6.45) is 0.655. The number of benzene rings is 1. The van der Waals surface area contributed by atoms with E-state index >= 15 is 0 Å². The molecule has 1 saturated carbocycles. The fraction of sp³-hybridized carbons (Fsp3) is 0.519. The summed E-state index contributed by atoms with van der Waals surface area (Å²) in [5.41, 5.74) is 0.843. The monoisotopic (exact) mass is 589 g/mol. The van der Waals surface area contributed by atoms with Gasteiger partial charge in [-0.15, -0.1) is 10.2 Å². The normalized spacial score (nSPS) is 15.4. The molecule has 0 amide bonds. The lowest BCUT2D eigenvalue weighted by atomic mass is 10.2. The van der Waals surface area contributed by atoms with Gasteiger partial charge >= 0.3 is 0 Å². The molecular weight excluding hydrogens is 550 g/mol.